The molecule has 1 aromatic rings. The van der Waals surface area contributed by atoms with Crippen LogP contribution in [-0.4, -0.2) is 0 Å². The van der Waals surface area contributed by atoms with Crippen LogP contribution in [0.3, 0.4) is 0 Å². The molecule has 0 unspecified atom stereocenters. The van der Waals surface area contributed by atoms with Gasteiger partial charge in [0.1, 0.15) is 0 Å². The summed E-state index contributed by atoms with van der Waals surface area (Å²) in [5.41, 5.74) is 14.9. The monoisotopic (exact) mass is 288 g/mol. The van der Waals surface area contributed by atoms with Crippen LogP contribution >= 0.6 is 0 Å². The van der Waals surface area contributed by atoms with Crippen LogP contribution in [0.5, 0.6) is 0 Å². The maximum atomic E-state index is 6.13. The molecule has 0 atom stereocenters. The Hall–Kier alpha value is -1.18. The van der Waals surface area contributed by atoms with Crippen LogP contribution in [0, 0.1) is 5.92 Å². The van der Waals surface area contributed by atoms with Crippen LogP contribution in [0.4, 0.5) is 11.4 Å². The number of nitrogens with two attached hydrogens (primary N) is 2. The summed E-state index contributed by atoms with van der Waals surface area (Å²) in [4.78, 5) is 0. The highest BCUT2D eigenvalue weighted by molar-refractivity contribution is 5.57. The van der Waals surface area contributed by atoms with Crippen LogP contribution in [0.15, 0.2) is 18.2 Å². The fourth-order valence-corrected chi connectivity index (χ4v) is 3.76. The highest BCUT2D eigenvalue weighted by atomic mass is 14.6. The summed E-state index contributed by atoms with van der Waals surface area (Å²) in [7, 11) is 0. The van der Waals surface area contributed by atoms with Crippen molar-refractivity contribution in [3.05, 3.63) is 23.8 Å². The van der Waals surface area contributed by atoms with Gasteiger partial charge in [-0.2, -0.15) is 0 Å². The Labute approximate surface area is 130 Å². The smallest absolute Gasteiger partial charge is 0.0370 e. The van der Waals surface area contributed by atoms with E-state index in [9.17, 15) is 0 Å². The van der Waals surface area contributed by atoms with Crippen molar-refractivity contribution < 1.29 is 0 Å². The lowest BCUT2D eigenvalue weighted by atomic mass is 9.76. The second-order valence-electron chi connectivity index (χ2n) is 6.81. The van der Waals surface area contributed by atoms with Gasteiger partial charge in [0.25, 0.3) is 0 Å². The predicted octanol–water partition coefficient (Wildman–Crippen LogP) is 5.49. The van der Waals surface area contributed by atoms with Crippen LogP contribution in [0.1, 0.15) is 82.6 Å². The van der Waals surface area contributed by atoms with Crippen LogP contribution < -0.4 is 11.5 Å². The minimum atomic E-state index is 0.655. The predicted molar refractivity (Wildman–Crippen MR) is 93.3 cm³/mol. The molecule has 1 saturated carbocycles. The van der Waals surface area contributed by atoms with Crippen molar-refractivity contribution in [1.82, 2.24) is 0 Å². The fraction of sp³-hybridized carbons (Fsp3) is 0.684. The summed E-state index contributed by atoms with van der Waals surface area (Å²) in [6.45, 7) is 2.28. The minimum absolute atomic E-state index is 0.655. The van der Waals surface area contributed by atoms with Gasteiger partial charge in [-0.3, -0.25) is 0 Å². The Balaban J connectivity index is 1.73. The van der Waals surface area contributed by atoms with E-state index in [1.54, 1.807) is 0 Å². The molecule has 0 amide bonds. The average Bonchev–Trinajstić information content (AvgIpc) is 2.48. The molecule has 118 valence electrons. The van der Waals surface area contributed by atoms with Crippen molar-refractivity contribution in [3.8, 4) is 0 Å². The first-order valence-corrected chi connectivity index (χ1v) is 8.85. The van der Waals surface area contributed by atoms with E-state index >= 15 is 0 Å². The van der Waals surface area contributed by atoms with Gasteiger partial charge >= 0.3 is 0 Å². The maximum absolute atomic E-state index is 6.13. The van der Waals surface area contributed by atoms with Crippen molar-refractivity contribution in [2.24, 2.45) is 5.92 Å². The summed E-state index contributed by atoms with van der Waals surface area (Å²) >= 11 is 0. The Morgan fingerprint density at radius 3 is 2.33 bits per heavy atom. The summed E-state index contributed by atoms with van der Waals surface area (Å²) in [6.07, 6.45) is 13.8. The zero-order valence-electron chi connectivity index (χ0n) is 13.6. The van der Waals surface area contributed by atoms with Crippen molar-refractivity contribution in [2.45, 2.75) is 77.0 Å². The van der Waals surface area contributed by atoms with E-state index in [-0.39, 0.29) is 0 Å². The van der Waals surface area contributed by atoms with E-state index in [1.807, 2.05) is 12.1 Å². The molecule has 1 fully saturated rings. The normalized spacial score (nSPS) is 22.3. The van der Waals surface area contributed by atoms with Gasteiger partial charge in [0.2, 0.25) is 0 Å². The Morgan fingerprint density at radius 2 is 1.67 bits per heavy atom. The fourth-order valence-electron chi connectivity index (χ4n) is 3.76. The molecule has 0 radical (unpaired) electrons. The number of hydrogen-bond acceptors (Lipinski definition) is 2. The second kappa shape index (κ2) is 8.31. The minimum Gasteiger partial charge on any atom is -0.399 e. The van der Waals surface area contributed by atoms with Gasteiger partial charge in [-0.25, -0.2) is 0 Å². The summed E-state index contributed by atoms with van der Waals surface area (Å²) in [5.74, 6) is 1.61. The van der Waals surface area contributed by atoms with E-state index in [4.69, 9.17) is 11.5 Å². The van der Waals surface area contributed by atoms with Gasteiger partial charge in [0, 0.05) is 11.4 Å². The number of nitrogen functional groups attached to an aromatic ring is 2. The van der Waals surface area contributed by atoms with E-state index in [0.717, 1.165) is 17.3 Å². The van der Waals surface area contributed by atoms with Crippen molar-refractivity contribution in [1.29, 1.82) is 0 Å². The van der Waals surface area contributed by atoms with Crippen molar-refractivity contribution in [3.63, 3.8) is 0 Å². The highest BCUT2D eigenvalue weighted by Crippen LogP contribution is 2.39. The molecule has 2 nitrogen and oxygen atoms in total. The van der Waals surface area contributed by atoms with E-state index < -0.39 is 0 Å². The van der Waals surface area contributed by atoms with Crippen molar-refractivity contribution >= 4 is 11.4 Å². The largest absolute Gasteiger partial charge is 0.399 e. The molecular formula is C19H32N2. The van der Waals surface area contributed by atoms with E-state index in [1.165, 1.54) is 69.8 Å². The van der Waals surface area contributed by atoms with E-state index in [2.05, 4.69) is 13.0 Å². The van der Waals surface area contributed by atoms with Crippen LogP contribution in [0.25, 0.3) is 0 Å². The quantitative estimate of drug-likeness (QED) is 0.515. The van der Waals surface area contributed by atoms with Crippen LogP contribution in [0.2, 0.25) is 0 Å². The lowest BCUT2D eigenvalue weighted by molar-refractivity contribution is 0.302. The number of benzene rings is 1. The lowest BCUT2D eigenvalue weighted by Gasteiger charge is -2.29. The maximum Gasteiger partial charge on any atom is 0.0370 e. The molecule has 1 aromatic carbocycles. The van der Waals surface area contributed by atoms with Gasteiger partial charge in [0.15, 0.2) is 0 Å². The topological polar surface area (TPSA) is 52.0 Å². The summed E-state index contributed by atoms with van der Waals surface area (Å²) < 4.78 is 0. The third kappa shape index (κ3) is 4.94. The van der Waals surface area contributed by atoms with Gasteiger partial charge in [-0.05, 0) is 55.2 Å². The third-order valence-electron chi connectivity index (χ3n) is 5.11. The van der Waals surface area contributed by atoms with Gasteiger partial charge in [-0.15, -0.1) is 0 Å². The zero-order valence-corrected chi connectivity index (χ0v) is 13.6. The molecule has 0 saturated heterocycles. The average molecular weight is 288 g/mol. The molecule has 0 aromatic heterocycles. The zero-order chi connectivity index (χ0) is 15.1. The Bertz CT molecular complexity index is 420. The van der Waals surface area contributed by atoms with E-state index in [0.29, 0.717) is 5.92 Å². The van der Waals surface area contributed by atoms with Gasteiger partial charge < -0.3 is 11.5 Å². The summed E-state index contributed by atoms with van der Waals surface area (Å²) in [6, 6.07) is 6.04. The third-order valence-corrected chi connectivity index (χ3v) is 5.11. The first-order valence-electron chi connectivity index (χ1n) is 8.85. The molecule has 21 heavy (non-hydrogen) atoms. The Morgan fingerprint density at radius 1 is 0.952 bits per heavy atom. The molecular weight excluding hydrogens is 256 g/mol. The number of hydrogen-bond donors (Lipinski definition) is 2. The van der Waals surface area contributed by atoms with Crippen LogP contribution in [-0.2, 0) is 0 Å². The Kier molecular flexibility index (Phi) is 6.41. The number of anilines is 2. The molecule has 2 rings (SSSR count). The van der Waals surface area contributed by atoms with Gasteiger partial charge in [0.05, 0.1) is 0 Å². The molecule has 0 bridgehead atoms. The first-order chi connectivity index (χ1) is 10.2. The molecule has 0 heterocycles. The molecule has 0 aliphatic heterocycles. The first kappa shape index (κ1) is 16.2. The lowest BCUT2D eigenvalue weighted by Crippen LogP contribution is -2.14. The van der Waals surface area contributed by atoms with Crippen molar-refractivity contribution in [2.75, 3.05) is 11.5 Å². The number of unbranched alkanes of at least 4 members (excludes halogenated alkanes) is 4. The SMILES string of the molecule is CCCCCCC[C@H]1CC[C@H](c2ccc(N)cc2N)CC1. The highest BCUT2D eigenvalue weighted by Gasteiger charge is 2.23. The molecule has 1 aliphatic carbocycles. The molecule has 0 spiro atoms. The summed E-state index contributed by atoms with van der Waals surface area (Å²) in [5, 5.41) is 0. The molecule has 1 aliphatic rings. The molecule has 2 heteroatoms. The van der Waals surface area contributed by atoms with Gasteiger partial charge in [-0.1, -0.05) is 51.5 Å². The standard InChI is InChI=1S/C19H32N2/c1-2-3-4-5-6-7-15-8-10-16(11-9-15)18-13-12-17(20)14-19(18)21/h12-16H,2-11,20-21H2,1H3/t15-,16-. The second-order valence-corrected chi connectivity index (χ2v) is 6.81. The molecule has 4 N–H and O–H groups in total. The number of rotatable bonds is 7.